The third kappa shape index (κ3) is 8.10. The topological polar surface area (TPSA) is 235 Å². The van der Waals surface area contributed by atoms with Gasteiger partial charge in [0.25, 0.3) is 0 Å². The van der Waals surface area contributed by atoms with Crippen LogP contribution in [0.1, 0.15) is 37.3 Å². The summed E-state index contributed by atoms with van der Waals surface area (Å²) in [5.74, 6) is 0. The molecule has 2 fully saturated rings. The van der Waals surface area contributed by atoms with E-state index in [0.29, 0.717) is 12.8 Å². The van der Waals surface area contributed by atoms with E-state index >= 15 is 0 Å². The molecule has 0 bridgehead atoms. The van der Waals surface area contributed by atoms with Gasteiger partial charge in [0.15, 0.2) is 6.29 Å². The lowest BCUT2D eigenvalue weighted by atomic mass is 9.84. The van der Waals surface area contributed by atoms with Crippen LogP contribution in [0.25, 0.3) is 31.3 Å². The lowest BCUT2D eigenvalue weighted by Crippen LogP contribution is -2.58. The highest BCUT2D eigenvalue weighted by Crippen LogP contribution is 2.34. The van der Waals surface area contributed by atoms with Crippen molar-refractivity contribution in [1.29, 1.82) is 0 Å². The summed E-state index contributed by atoms with van der Waals surface area (Å²) in [7, 11) is 0. The van der Waals surface area contributed by atoms with E-state index in [4.69, 9.17) is 25.3 Å². The summed E-state index contributed by atoms with van der Waals surface area (Å²) in [6, 6.07) is 15.3. The Hall–Kier alpha value is -4.52. The summed E-state index contributed by atoms with van der Waals surface area (Å²) in [5, 5.41) is 32.4. The minimum atomic E-state index is -1.61. The Morgan fingerprint density at radius 2 is 1.50 bits per heavy atom. The summed E-state index contributed by atoms with van der Waals surface area (Å²) in [6.45, 7) is 2.12. The number of hydrogen-bond acceptors (Lipinski definition) is 9. The van der Waals surface area contributed by atoms with Crippen molar-refractivity contribution in [3.63, 3.8) is 0 Å². The van der Waals surface area contributed by atoms with Crippen molar-refractivity contribution in [3.05, 3.63) is 103 Å². The first-order chi connectivity index (χ1) is 21.4. The molecule has 1 heterocycles. The summed E-state index contributed by atoms with van der Waals surface area (Å²) in [5.41, 5.74) is 28.9. The molecule has 1 aliphatic carbocycles. The second kappa shape index (κ2) is 15.8. The largest absolute Gasteiger partial charge is 0.445 e. The second-order valence-electron chi connectivity index (χ2n) is 10.6. The number of aliphatic hydroxyl groups is 2. The number of azide groups is 3. The average Bonchev–Trinajstić information content (AvgIpc) is 3.04. The Morgan fingerprint density at radius 3 is 2.14 bits per heavy atom. The smallest absolute Gasteiger partial charge is 0.410 e. The molecule has 0 aromatic heterocycles. The Kier molecular flexibility index (Phi) is 11.6. The van der Waals surface area contributed by atoms with Gasteiger partial charge in [-0.3, -0.25) is 4.90 Å². The Balaban J connectivity index is 1.55. The summed E-state index contributed by atoms with van der Waals surface area (Å²) in [6.07, 6.45) is -6.13. The molecule has 2 aliphatic rings. The van der Waals surface area contributed by atoms with Crippen molar-refractivity contribution in [1.82, 2.24) is 4.90 Å². The number of benzene rings is 2. The lowest BCUT2D eigenvalue weighted by Gasteiger charge is -2.45. The first kappa shape index (κ1) is 32.4. The number of rotatable bonds is 11. The van der Waals surface area contributed by atoms with Gasteiger partial charge in [0.05, 0.1) is 42.5 Å². The lowest BCUT2D eigenvalue weighted by molar-refractivity contribution is -0.259. The molecule has 9 atom stereocenters. The highest BCUT2D eigenvalue weighted by molar-refractivity contribution is 5.68. The van der Waals surface area contributed by atoms with Crippen LogP contribution in [0.4, 0.5) is 4.79 Å². The van der Waals surface area contributed by atoms with Gasteiger partial charge in [-0.15, -0.1) is 0 Å². The molecular weight excluding hydrogens is 572 g/mol. The molecule has 1 aliphatic heterocycles. The van der Waals surface area contributed by atoms with Crippen LogP contribution in [-0.2, 0) is 27.4 Å². The van der Waals surface area contributed by atoms with Crippen molar-refractivity contribution < 1.29 is 29.2 Å². The van der Waals surface area contributed by atoms with E-state index < -0.39 is 61.0 Å². The van der Waals surface area contributed by atoms with Gasteiger partial charge in [-0.05, 0) is 53.9 Å². The maximum absolute atomic E-state index is 13.5. The van der Waals surface area contributed by atoms with Crippen molar-refractivity contribution in [2.45, 2.75) is 94.2 Å². The van der Waals surface area contributed by atoms with Crippen LogP contribution in [0.15, 0.2) is 76.0 Å². The predicted octanol–water partition coefficient (Wildman–Crippen LogP) is 5.27. The Labute approximate surface area is 253 Å². The maximum Gasteiger partial charge on any atom is 0.410 e. The van der Waals surface area contributed by atoms with Gasteiger partial charge in [-0.2, -0.15) is 0 Å². The van der Waals surface area contributed by atoms with Crippen LogP contribution in [0.5, 0.6) is 0 Å². The quantitative estimate of drug-likeness (QED) is 0.196. The molecular formula is C28H34N10O6. The van der Waals surface area contributed by atoms with Gasteiger partial charge in [0.1, 0.15) is 12.7 Å². The fourth-order valence-electron chi connectivity index (χ4n) is 5.47. The molecule has 1 saturated heterocycles. The maximum atomic E-state index is 13.5. The van der Waals surface area contributed by atoms with E-state index in [1.54, 1.807) is 4.90 Å². The van der Waals surface area contributed by atoms with Gasteiger partial charge in [-0.1, -0.05) is 76.0 Å². The first-order valence-electron chi connectivity index (χ1n) is 14.2. The number of hydrogen-bond donors (Lipinski definition) is 2. The average molecular weight is 607 g/mol. The molecule has 2 aromatic rings. The van der Waals surface area contributed by atoms with Gasteiger partial charge in [0.2, 0.25) is 0 Å². The Bertz CT molecular complexity index is 1380. The van der Waals surface area contributed by atoms with Crippen molar-refractivity contribution in [2.75, 3.05) is 0 Å². The molecule has 232 valence electrons. The zero-order chi connectivity index (χ0) is 31.5. The molecule has 1 amide bonds. The van der Waals surface area contributed by atoms with E-state index in [1.165, 1.54) is 0 Å². The standard InChI is InChI=1S/C28H34N10O6/c1-17(38(15-18-8-4-2-5-9-18)28(41)42-16-19-10-6-3-7-11-19)23-13-12-20(32-35-29)27(43-23)44-26-22(34-37-31)14-21(33-36-30)24(39)25(26)40/h2-11,17,20-27,39-40H,12-16H2,1H3/t17-,20?,21+,22-,23-,24-,25+,26+,27+/m0/s1. The number of ether oxygens (including phenoxy) is 3. The van der Waals surface area contributed by atoms with Crippen LogP contribution in [0.3, 0.4) is 0 Å². The molecule has 0 radical (unpaired) electrons. The van der Waals surface area contributed by atoms with Gasteiger partial charge < -0.3 is 24.4 Å². The molecule has 2 N–H and O–H groups in total. The minimum Gasteiger partial charge on any atom is -0.445 e. The number of carbonyl (C=O) groups excluding carboxylic acids is 1. The highest BCUT2D eigenvalue weighted by Gasteiger charge is 2.47. The third-order valence-electron chi connectivity index (χ3n) is 7.87. The molecule has 4 rings (SSSR count). The van der Waals surface area contributed by atoms with E-state index in [0.717, 1.165) is 11.1 Å². The second-order valence-corrected chi connectivity index (χ2v) is 10.6. The van der Waals surface area contributed by atoms with Gasteiger partial charge in [0, 0.05) is 21.3 Å². The molecule has 2 aromatic carbocycles. The number of nitrogens with zero attached hydrogens (tertiary/aromatic N) is 10. The molecule has 16 heteroatoms. The van der Waals surface area contributed by atoms with Gasteiger partial charge >= 0.3 is 6.09 Å². The zero-order valence-electron chi connectivity index (χ0n) is 24.0. The van der Waals surface area contributed by atoms with E-state index in [1.807, 2.05) is 67.6 Å². The highest BCUT2D eigenvalue weighted by atomic mass is 16.7. The SMILES string of the molecule is C[C@@H]([C@@H]1CCC(N=[N+]=[N-])[C@@H](O[C@H]2[C@H](O)[C@@H](O)[C@H](N=[N+]=[N-])C[C@@H]2N=[N+]=[N-])O1)N(Cc1ccccc1)C(=O)OCc1ccccc1. The van der Waals surface area contributed by atoms with Crippen LogP contribution in [-0.4, -0.2) is 76.1 Å². The molecule has 1 saturated carbocycles. The fraction of sp³-hybridized carbons (Fsp3) is 0.536. The van der Waals surface area contributed by atoms with E-state index in [-0.39, 0.29) is 19.6 Å². The van der Waals surface area contributed by atoms with Crippen LogP contribution in [0, 0.1) is 0 Å². The number of amides is 1. The molecule has 16 nitrogen and oxygen atoms in total. The normalized spacial score (nSPS) is 28.7. The Morgan fingerprint density at radius 1 is 0.909 bits per heavy atom. The molecule has 44 heavy (non-hydrogen) atoms. The monoisotopic (exact) mass is 606 g/mol. The summed E-state index contributed by atoms with van der Waals surface area (Å²) < 4.78 is 18.0. The predicted molar refractivity (Wildman–Crippen MR) is 156 cm³/mol. The summed E-state index contributed by atoms with van der Waals surface area (Å²) >= 11 is 0. The zero-order valence-corrected chi connectivity index (χ0v) is 24.0. The first-order valence-corrected chi connectivity index (χ1v) is 14.2. The summed E-state index contributed by atoms with van der Waals surface area (Å²) in [4.78, 5) is 23.4. The van der Waals surface area contributed by atoms with Crippen molar-refractivity contribution in [2.24, 2.45) is 15.3 Å². The van der Waals surface area contributed by atoms with Crippen molar-refractivity contribution in [3.8, 4) is 0 Å². The number of aliphatic hydroxyl groups excluding tert-OH is 2. The third-order valence-corrected chi connectivity index (χ3v) is 7.87. The van der Waals surface area contributed by atoms with Gasteiger partial charge in [-0.25, -0.2) is 4.79 Å². The molecule has 0 spiro atoms. The molecule has 1 unspecified atom stereocenters. The van der Waals surface area contributed by atoms with Crippen molar-refractivity contribution >= 4 is 6.09 Å². The van der Waals surface area contributed by atoms with E-state index in [9.17, 15) is 20.5 Å². The minimum absolute atomic E-state index is 0.0768. The number of carbonyl (C=O) groups is 1. The van der Waals surface area contributed by atoms with Crippen LogP contribution in [0.2, 0.25) is 0 Å². The fourth-order valence-corrected chi connectivity index (χ4v) is 5.47. The van der Waals surface area contributed by atoms with Crippen LogP contribution < -0.4 is 0 Å². The van der Waals surface area contributed by atoms with E-state index in [2.05, 4.69) is 30.1 Å². The van der Waals surface area contributed by atoms with Crippen LogP contribution >= 0.6 is 0 Å².